The number of carbonyl (C=O) groups is 1. The Balaban J connectivity index is 1.98. The molecule has 1 aliphatic rings. The minimum absolute atomic E-state index is 0.219. The summed E-state index contributed by atoms with van der Waals surface area (Å²) in [6.07, 6.45) is 1.61. The summed E-state index contributed by atoms with van der Waals surface area (Å²) in [6.45, 7) is 5.53. The topological polar surface area (TPSA) is 70.8 Å². The van der Waals surface area contributed by atoms with Gasteiger partial charge in [-0.1, -0.05) is 6.07 Å². The first-order chi connectivity index (χ1) is 10.1. The zero-order chi connectivity index (χ0) is 15.3. The number of carbonyl (C=O) groups excluding carboxylic acids is 1. The molecule has 1 atom stereocenters. The molecule has 1 aromatic carbocycles. The van der Waals surface area contributed by atoms with Crippen molar-refractivity contribution in [3.63, 3.8) is 0 Å². The zero-order valence-corrected chi connectivity index (χ0v) is 12.7. The van der Waals surface area contributed by atoms with Gasteiger partial charge in [0.1, 0.15) is 12.4 Å². The van der Waals surface area contributed by atoms with E-state index in [0.717, 1.165) is 23.3 Å². The van der Waals surface area contributed by atoms with Crippen molar-refractivity contribution >= 4 is 5.97 Å². The monoisotopic (exact) mass is 293 g/mol. The third-order valence-electron chi connectivity index (χ3n) is 3.67. The van der Waals surface area contributed by atoms with E-state index >= 15 is 0 Å². The highest BCUT2D eigenvalue weighted by Gasteiger charge is 2.39. The molecular formula is C16H23NO4. The minimum Gasteiger partial charge on any atom is -0.494 e. The van der Waals surface area contributed by atoms with E-state index in [2.05, 4.69) is 0 Å². The molecule has 116 valence electrons. The molecule has 21 heavy (non-hydrogen) atoms. The number of ether oxygens (including phenoxy) is 3. The molecule has 1 fully saturated rings. The molecule has 0 amide bonds. The standard InChI is InChI=1S/C16H23NO4/c1-3-19-14-6-5-12(9-13(14)10-17)11-20-15(18)16(2)7-4-8-21-16/h5-6,9H,3-4,7-8,10-11,17H2,1-2H3. The molecular weight excluding hydrogens is 270 g/mol. The number of hydrogen-bond donors (Lipinski definition) is 1. The fourth-order valence-electron chi connectivity index (χ4n) is 2.42. The minimum atomic E-state index is -0.790. The van der Waals surface area contributed by atoms with E-state index < -0.39 is 5.60 Å². The Morgan fingerprint density at radius 2 is 2.29 bits per heavy atom. The summed E-state index contributed by atoms with van der Waals surface area (Å²) in [5.74, 6) is 0.476. The summed E-state index contributed by atoms with van der Waals surface area (Å²) < 4.78 is 16.3. The SMILES string of the molecule is CCOc1ccc(COC(=O)C2(C)CCCO2)cc1CN. The third-order valence-corrected chi connectivity index (χ3v) is 3.67. The average molecular weight is 293 g/mol. The van der Waals surface area contributed by atoms with Crippen LogP contribution in [0.15, 0.2) is 18.2 Å². The lowest BCUT2D eigenvalue weighted by atomic mass is 10.0. The largest absolute Gasteiger partial charge is 0.494 e. The number of nitrogens with two attached hydrogens (primary N) is 1. The maximum absolute atomic E-state index is 12.1. The third kappa shape index (κ3) is 3.74. The smallest absolute Gasteiger partial charge is 0.338 e. The molecule has 2 N–H and O–H groups in total. The van der Waals surface area contributed by atoms with E-state index in [9.17, 15) is 4.79 Å². The molecule has 0 aromatic heterocycles. The summed E-state index contributed by atoms with van der Waals surface area (Å²) in [7, 11) is 0. The van der Waals surface area contributed by atoms with Crippen molar-refractivity contribution in [1.29, 1.82) is 0 Å². The lowest BCUT2D eigenvalue weighted by Gasteiger charge is -2.21. The van der Waals surface area contributed by atoms with Crippen LogP contribution < -0.4 is 10.5 Å². The van der Waals surface area contributed by atoms with Crippen molar-refractivity contribution in [3.8, 4) is 5.75 Å². The van der Waals surface area contributed by atoms with Crippen LogP contribution in [-0.2, 0) is 27.4 Å². The number of rotatable bonds is 6. The van der Waals surface area contributed by atoms with E-state index in [1.807, 2.05) is 25.1 Å². The van der Waals surface area contributed by atoms with Gasteiger partial charge in [0.2, 0.25) is 0 Å². The van der Waals surface area contributed by atoms with Crippen LogP contribution in [0.2, 0.25) is 0 Å². The number of benzene rings is 1. The predicted octanol–water partition coefficient (Wildman–Crippen LogP) is 2.16. The van der Waals surface area contributed by atoms with E-state index in [4.69, 9.17) is 19.9 Å². The quantitative estimate of drug-likeness (QED) is 0.814. The molecule has 0 aliphatic carbocycles. The van der Waals surface area contributed by atoms with Crippen LogP contribution in [0.5, 0.6) is 5.75 Å². The van der Waals surface area contributed by atoms with Crippen LogP contribution in [0.25, 0.3) is 0 Å². The van der Waals surface area contributed by atoms with Crippen molar-refractivity contribution in [2.45, 2.75) is 45.4 Å². The highest BCUT2D eigenvalue weighted by Crippen LogP contribution is 2.27. The summed E-state index contributed by atoms with van der Waals surface area (Å²) in [6, 6.07) is 5.66. The molecule has 0 spiro atoms. The lowest BCUT2D eigenvalue weighted by molar-refractivity contribution is -0.166. The Labute approximate surface area is 125 Å². The van der Waals surface area contributed by atoms with Crippen LogP contribution in [0.3, 0.4) is 0 Å². The van der Waals surface area contributed by atoms with Gasteiger partial charge in [0, 0.05) is 18.7 Å². The van der Waals surface area contributed by atoms with Gasteiger partial charge in [-0.25, -0.2) is 4.79 Å². The predicted molar refractivity (Wildman–Crippen MR) is 78.9 cm³/mol. The Morgan fingerprint density at radius 1 is 1.48 bits per heavy atom. The zero-order valence-electron chi connectivity index (χ0n) is 12.7. The van der Waals surface area contributed by atoms with Crippen LogP contribution in [-0.4, -0.2) is 24.8 Å². The number of hydrogen-bond acceptors (Lipinski definition) is 5. The van der Waals surface area contributed by atoms with Crippen molar-refractivity contribution in [1.82, 2.24) is 0 Å². The molecule has 2 rings (SSSR count). The van der Waals surface area contributed by atoms with Crippen molar-refractivity contribution < 1.29 is 19.0 Å². The van der Waals surface area contributed by atoms with E-state index in [-0.39, 0.29) is 12.6 Å². The molecule has 0 bridgehead atoms. The highest BCUT2D eigenvalue weighted by atomic mass is 16.6. The van der Waals surface area contributed by atoms with Crippen molar-refractivity contribution in [2.24, 2.45) is 5.73 Å². The Kier molecular flexibility index (Phi) is 5.20. The summed E-state index contributed by atoms with van der Waals surface area (Å²) in [4.78, 5) is 12.1. The summed E-state index contributed by atoms with van der Waals surface area (Å²) in [5, 5.41) is 0. The van der Waals surface area contributed by atoms with Crippen LogP contribution in [0.4, 0.5) is 0 Å². The van der Waals surface area contributed by atoms with Gasteiger partial charge in [-0.2, -0.15) is 0 Å². The molecule has 1 heterocycles. The Bertz CT molecular complexity index is 495. The second-order valence-electron chi connectivity index (χ2n) is 5.34. The molecule has 1 aliphatic heterocycles. The van der Waals surface area contributed by atoms with E-state index in [0.29, 0.717) is 26.2 Å². The molecule has 0 radical (unpaired) electrons. The molecule has 5 nitrogen and oxygen atoms in total. The average Bonchev–Trinajstić information content (AvgIpc) is 2.94. The fourth-order valence-corrected chi connectivity index (χ4v) is 2.42. The van der Waals surface area contributed by atoms with E-state index in [1.165, 1.54) is 0 Å². The van der Waals surface area contributed by atoms with Crippen LogP contribution >= 0.6 is 0 Å². The molecule has 1 aromatic rings. The van der Waals surface area contributed by atoms with Gasteiger partial charge in [0.05, 0.1) is 6.61 Å². The van der Waals surface area contributed by atoms with Gasteiger partial charge >= 0.3 is 5.97 Å². The highest BCUT2D eigenvalue weighted by molar-refractivity contribution is 5.79. The van der Waals surface area contributed by atoms with Crippen LogP contribution in [0.1, 0.15) is 37.8 Å². The number of esters is 1. The van der Waals surface area contributed by atoms with Gasteiger partial charge < -0.3 is 19.9 Å². The first-order valence-electron chi connectivity index (χ1n) is 7.35. The maximum atomic E-state index is 12.1. The summed E-state index contributed by atoms with van der Waals surface area (Å²) >= 11 is 0. The Hall–Kier alpha value is -1.59. The lowest BCUT2D eigenvalue weighted by Crippen LogP contribution is -2.35. The normalized spacial score (nSPS) is 21.3. The van der Waals surface area contributed by atoms with Gasteiger partial charge in [-0.05, 0) is 44.4 Å². The first kappa shape index (κ1) is 15.8. The van der Waals surface area contributed by atoms with Crippen molar-refractivity contribution in [3.05, 3.63) is 29.3 Å². The van der Waals surface area contributed by atoms with Gasteiger partial charge in [0.25, 0.3) is 0 Å². The van der Waals surface area contributed by atoms with Gasteiger partial charge in [-0.3, -0.25) is 0 Å². The van der Waals surface area contributed by atoms with Crippen LogP contribution in [0, 0.1) is 0 Å². The molecule has 0 saturated carbocycles. The fraction of sp³-hybridized carbons (Fsp3) is 0.562. The molecule has 1 saturated heterocycles. The molecule has 1 unspecified atom stereocenters. The van der Waals surface area contributed by atoms with Crippen molar-refractivity contribution in [2.75, 3.05) is 13.2 Å². The molecule has 5 heteroatoms. The second kappa shape index (κ2) is 6.91. The Morgan fingerprint density at radius 3 is 2.90 bits per heavy atom. The first-order valence-corrected chi connectivity index (χ1v) is 7.35. The van der Waals surface area contributed by atoms with Gasteiger partial charge in [-0.15, -0.1) is 0 Å². The summed E-state index contributed by atoms with van der Waals surface area (Å²) in [5.41, 5.74) is 6.74. The second-order valence-corrected chi connectivity index (χ2v) is 5.34. The maximum Gasteiger partial charge on any atom is 0.338 e. The van der Waals surface area contributed by atoms with E-state index in [1.54, 1.807) is 6.92 Å². The van der Waals surface area contributed by atoms with Gasteiger partial charge in [0.15, 0.2) is 5.60 Å².